The standard InChI is InChI=1S/C30H46O2Si/c1-23(2)29(31-9)26(5)21-24(3)20-25(4)22-32-33(30(6,7)8,27-16-12-10-13-17-27)28-18-14-11-15-19-28/h10-19,21,23,25-26,29H,20,22H2,1-9H3/b24-21+/t25-,26-,29-/m0/s1. The van der Waals surface area contributed by atoms with Crippen molar-refractivity contribution in [3.63, 3.8) is 0 Å². The molecule has 0 N–H and O–H groups in total. The van der Waals surface area contributed by atoms with E-state index in [4.69, 9.17) is 9.16 Å². The number of rotatable bonds is 11. The van der Waals surface area contributed by atoms with Gasteiger partial charge in [0.2, 0.25) is 0 Å². The van der Waals surface area contributed by atoms with Crippen LogP contribution in [0, 0.1) is 17.8 Å². The van der Waals surface area contributed by atoms with Gasteiger partial charge < -0.3 is 9.16 Å². The van der Waals surface area contributed by atoms with Crippen molar-refractivity contribution in [3.8, 4) is 0 Å². The summed E-state index contributed by atoms with van der Waals surface area (Å²) in [5.74, 6) is 1.35. The van der Waals surface area contributed by atoms with E-state index < -0.39 is 8.32 Å². The summed E-state index contributed by atoms with van der Waals surface area (Å²) in [5, 5.41) is 2.70. The van der Waals surface area contributed by atoms with Crippen molar-refractivity contribution in [3.05, 3.63) is 72.3 Å². The Labute approximate surface area is 204 Å². The van der Waals surface area contributed by atoms with Crippen molar-refractivity contribution in [1.82, 2.24) is 0 Å². The van der Waals surface area contributed by atoms with E-state index in [2.05, 4.69) is 122 Å². The zero-order valence-corrected chi connectivity index (χ0v) is 23.4. The van der Waals surface area contributed by atoms with Gasteiger partial charge in [0.1, 0.15) is 0 Å². The number of allylic oxidation sites excluding steroid dienone is 1. The van der Waals surface area contributed by atoms with Crippen molar-refractivity contribution >= 4 is 18.7 Å². The van der Waals surface area contributed by atoms with Gasteiger partial charge in [-0.1, -0.05) is 121 Å². The lowest BCUT2D eigenvalue weighted by molar-refractivity contribution is 0.0375. The minimum atomic E-state index is -2.47. The van der Waals surface area contributed by atoms with E-state index in [1.807, 2.05) is 7.11 Å². The molecule has 0 spiro atoms. The third-order valence-corrected chi connectivity index (χ3v) is 11.7. The summed E-state index contributed by atoms with van der Waals surface area (Å²) in [6.45, 7) is 19.1. The van der Waals surface area contributed by atoms with Gasteiger partial charge in [0.15, 0.2) is 0 Å². The van der Waals surface area contributed by atoms with Crippen LogP contribution in [0.4, 0.5) is 0 Å². The van der Waals surface area contributed by atoms with Crippen LogP contribution in [0.2, 0.25) is 5.04 Å². The van der Waals surface area contributed by atoms with Crippen LogP contribution in [-0.4, -0.2) is 28.1 Å². The van der Waals surface area contributed by atoms with Crippen LogP contribution >= 0.6 is 0 Å². The van der Waals surface area contributed by atoms with Crippen LogP contribution < -0.4 is 10.4 Å². The summed E-state index contributed by atoms with van der Waals surface area (Å²) >= 11 is 0. The van der Waals surface area contributed by atoms with Crippen LogP contribution in [0.25, 0.3) is 0 Å². The number of hydrogen-bond donors (Lipinski definition) is 0. The number of methoxy groups -OCH3 is 1. The third-order valence-electron chi connectivity index (χ3n) is 6.67. The number of benzene rings is 2. The average molecular weight is 467 g/mol. The first kappa shape index (κ1) is 27.6. The molecule has 3 atom stereocenters. The first-order valence-electron chi connectivity index (χ1n) is 12.5. The summed E-state index contributed by atoms with van der Waals surface area (Å²) in [5.41, 5.74) is 1.42. The molecule has 0 aliphatic carbocycles. The minimum Gasteiger partial charge on any atom is -0.407 e. The molecule has 33 heavy (non-hydrogen) atoms. The van der Waals surface area contributed by atoms with E-state index in [0.29, 0.717) is 17.8 Å². The van der Waals surface area contributed by atoms with Crippen molar-refractivity contribution < 1.29 is 9.16 Å². The van der Waals surface area contributed by atoms with Gasteiger partial charge in [-0.15, -0.1) is 0 Å². The molecule has 0 heterocycles. The molecule has 182 valence electrons. The average Bonchev–Trinajstić information content (AvgIpc) is 2.74. The number of ether oxygens (including phenoxy) is 1. The normalized spacial score (nSPS) is 16.0. The largest absolute Gasteiger partial charge is 0.407 e. The second-order valence-corrected chi connectivity index (χ2v) is 15.4. The van der Waals surface area contributed by atoms with Gasteiger partial charge in [-0.2, -0.15) is 0 Å². The molecule has 0 aromatic heterocycles. The Balaban J connectivity index is 2.27. The Kier molecular flexibility index (Phi) is 10.1. The molecule has 0 amide bonds. The van der Waals surface area contributed by atoms with Crippen molar-refractivity contribution in [1.29, 1.82) is 0 Å². The van der Waals surface area contributed by atoms with Gasteiger partial charge >= 0.3 is 0 Å². The lowest BCUT2D eigenvalue weighted by atomic mass is 9.91. The van der Waals surface area contributed by atoms with Gasteiger partial charge in [0, 0.05) is 19.6 Å². The summed E-state index contributed by atoms with van der Waals surface area (Å²) < 4.78 is 12.9. The Morgan fingerprint density at radius 3 is 1.76 bits per heavy atom. The highest BCUT2D eigenvalue weighted by atomic mass is 28.4. The van der Waals surface area contributed by atoms with Crippen LogP contribution in [0.5, 0.6) is 0 Å². The molecular formula is C30H46O2Si. The van der Waals surface area contributed by atoms with Crippen LogP contribution in [0.3, 0.4) is 0 Å². The summed E-state index contributed by atoms with van der Waals surface area (Å²) in [4.78, 5) is 0. The Morgan fingerprint density at radius 2 is 1.36 bits per heavy atom. The molecule has 2 aromatic carbocycles. The number of hydrogen-bond acceptors (Lipinski definition) is 2. The Morgan fingerprint density at radius 1 is 0.879 bits per heavy atom. The Bertz CT molecular complexity index is 812. The van der Waals surface area contributed by atoms with Crippen LogP contribution in [0.1, 0.15) is 61.8 Å². The molecule has 0 aliphatic rings. The second kappa shape index (κ2) is 12.1. The third kappa shape index (κ3) is 6.91. The van der Waals surface area contributed by atoms with Gasteiger partial charge in [-0.3, -0.25) is 0 Å². The molecule has 0 saturated heterocycles. The smallest absolute Gasteiger partial charge is 0.261 e. The summed E-state index contributed by atoms with van der Waals surface area (Å²) in [7, 11) is -0.649. The maximum absolute atomic E-state index is 7.13. The van der Waals surface area contributed by atoms with E-state index in [9.17, 15) is 0 Å². The van der Waals surface area contributed by atoms with E-state index >= 15 is 0 Å². The van der Waals surface area contributed by atoms with E-state index in [0.717, 1.165) is 13.0 Å². The first-order valence-corrected chi connectivity index (χ1v) is 14.4. The molecule has 2 aromatic rings. The predicted octanol–water partition coefficient (Wildman–Crippen LogP) is 6.84. The fourth-order valence-corrected chi connectivity index (χ4v) is 10.0. The fourth-order valence-electron chi connectivity index (χ4n) is 5.34. The van der Waals surface area contributed by atoms with E-state index in [1.165, 1.54) is 15.9 Å². The molecule has 2 nitrogen and oxygen atoms in total. The molecule has 0 radical (unpaired) electrons. The topological polar surface area (TPSA) is 18.5 Å². The Hall–Kier alpha value is -1.68. The molecule has 0 saturated carbocycles. The maximum atomic E-state index is 7.13. The predicted molar refractivity (Wildman–Crippen MR) is 146 cm³/mol. The molecule has 3 heteroatoms. The lowest BCUT2D eigenvalue weighted by Crippen LogP contribution is -2.66. The molecule has 0 fully saturated rings. The zero-order chi connectivity index (χ0) is 24.6. The molecular weight excluding hydrogens is 420 g/mol. The zero-order valence-electron chi connectivity index (χ0n) is 22.4. The molecule has 0 bridgehead atoms. The summed E-state index contributed by atoms with van der Waals surface area (Å²) in [6.07, 6.45) is 3.69. The molecule has 2 rings (SSSR count). The monoisotopic (exact) mass is 466 g/mol. The quantitative estimate of drug-likeness (QED) is 0.266. The van der Waals surface area contributed by atoms with Gasteiger partial charge in [-0.05, 0) is 40.6 Å². The van der Waals surface area contributed by atoms with Crippen LogP contribution in [0.15, 0.2) is 72.3 Å². The minimum absolute atomic E-state index is 0.0117. The van der Waals surface area contributed by atoms with Gasteiger partial charge in [-0.25, -0.2) is 0 Å². The highest BCUT2D eigenvalue weighted by molar-refractivity contribution is 6.99. The van der Waals surface area contributed by atoms with Crippen LogP contribution in [-0.2, 0) is 9.16 Å². The van der Waals surface area contributed by atoms with Crippen molar-refractivity contribution in [2.45, 2.75) is 73.0 Å². The second-order valence-electron chi connectivity index (χ2n) is 11.1. The van der Waals surface area contributed by atoms with E-state index in [-0.39, 0.29) is 11.1 Å². The van der Waals surface area contributed by atoms with Crippen molar-refractivity contribution in [2.75, 3.05) is 13.7 Å². The molecule has 0 aliphatic heterocycles. The maximum Gasteiger partial charge on any atom is 0.261 e. The van der Waals surface area contributed by atoms with Crippen molar-refractivity contribution in [2.24, 2.45) is 17.8 Å². The van der Waals surface area contributed by atoms with Gasteiger partial charge in [0.25, 0.3) is 8.32 Å². The fraction of sp³-hybridized carbons (Fsp3) is 0.533. The first-order chi connectivity index (χ1) is 15.5. The highest BCUT2D eigenvalue weighted by Gasteiger charge is 2.50. The SMILES string of the molecule is CO[C@@H](C(C)C)[C@@H](C)/C=C(\C)C[C@H](C)CO[Si](c1ccccc1)(c1ccccc1)C(C)(C)C. The summed E-state index contributed by atoms with van der Waals surface area (Å²) in [6, 6.07) is 21.8. The van der Waals surface area contributed by atoms with E-state index in [1.54, 1.807) is 0 Å². The highest BCUT2D eigenvalue weighted by Crippen LogP contribution is 2.37. The van der Waals surface area contributed by atoms with Gasteiger partial charge in [0.05, 0.1) is 6.10 Å². The lowest BCUT2D eigenvalue weighted by Gasteiger charge is -2.43. The molecule has 0 unspecified atom stereocenters.